The first-order chi connectivity index (χ1) is 17.9. The molecular formula is C27H22ClN3O5S. The van der Waals surface area contributed by atoms with Crippen LogP contribution in [0.3, 0.4) is 0 Å². The van der Waals surface area contributed by atoms with Crippen molar-refractivity contribution in [1.82, 2.24) is 9.99 Å². The summed E-state index contributed by atoms with van der Waals surface area (Å²) in [5, 5.41) is 16.5. The van der Waals surface area contributed by atoms with Gasteiger partial charge in [-0.05, 0) is 61.5 Å². The van der Waals surface area contributed by atoms with Crippen LogP contribution in [-0.2, 0) is 9.53 Å². The number of hydrogen-bond donors (Lipinski definition) is 2. The number of nitrogens with one attached hydrogen (secondary N) is 1. The molecule has 0 unspecified atom stereocenters. The van der Waals surface area contributed by atoms with Crippen molar-refractivity contribution in [1.29, 1.82) is 0 Å². The Morgan fingerprint density at radius 1 is 1.05 bits per heavy atom. The summed E-state index contributed by atoms with van der Waals surface area (Å²) in [6.45, 7) is 1.95. The third kappa shape index (κ3) is 6.02. The summed E-state index contributed by atoms with van der Waals surface area (Å²) in [6.07, 6.45) is 1.30. The summed E-state index contributed by atoms with van der Waals surface area (Å²) >= 11 is 7.20. The fourth-order valence-corrected chi connectivity index (χ4v) is 4.39. The maximum Gasteiger partial charge on any atom is 0.338 e. The van der Waals surface area contributed by atoms with E-state index in [4.69, 9.17) is 16.3 Å². The van der Waals surface area contributed by atoms with E-state index in [0.717, 1.165) is 9.46 Å². The van der Waals surface area contributed by atoms with Gasteiger partial charge >= 0.3 is 5.97 Å². The number of hydrazone groups is 1. The lowest BCUT2D eigenvalue weighted by molar-refractivity contribution is -0.118. The zero-order chi connectivity index (χ0) is 26.4. The molecule has 0 aliphatic rings. The molecular weight excluding hydrogens is 514 g/mol. The van der Waals surface area contributed by atoms with Crippen LogP contribution in [0.5, 0.6) is 5.88 Å². The lowest BCUT2D eigenvalue weighted by atomic mass is 10.1. The van der Waals surface area contributed by atoms with Gasteiger partial charge in [0, 0.05) is 20.7 Å². The van der Waals surface area contributed by atoms with E-state index in [0.29, 0.717) is 27.0 Å². The number of carbonyl (C=O) groups excluding carboxylic acids is 2. The second-order valence-corrected chi connectivity index (χ2v) is 9.21. The first-order valence-corrected chi connectivity index (χ1v) is 12.6. The van der Waals surface area contributed by atoms with Crippen molar-refractivity contribution in [2.24, 2.45) is 5.10 Å². The third-order valence-corrected chi connectivity index (χ3v) is 6.57. The number of nitrogens with zero attached hydrogens (tertiary/aromatic N) is 2. The molecule has 4 aromatic rings. The van der Waals surface area contributed by atoms with Gasteiger partial charge in [0.25, 0.3) is 5.56 Å². The van der Waals surface area contributed by atoms with Gasteiger partial charge in [-0.25, -0.2) is 14.8 Å². The van der Waals surface area contributed by atoms with Crippen LogP contribution >= 0.6 is 23.4 Å². The molecule has 0 fully saturated rings. The molecule has 1 heterocycles. The van der Waals surface area contributed by atoms with Crippen molar-refractivity contribution in [2.45, 2.75) is 11.8 Å². The number of carbonyl (C=O) groups is 2. The molecule has 1 aromatic heterocycles. The summed E-state index contributed by atoms with van der Waals surface area (Å²) < 4.78 is 6.11. The highest BCUT2D eigenvalue weighted by Gasteiger charge is 2.17. The normalized spacial score (nSPS) is 11.1. The van der Waals surface area contributed by atoms with Gasteiger partial charge in [0.2, 0.25) is 11.8 Å². The Kier molecular flexibility index (Phi) is 8.27. The number of pyridine rings is 1. The van der Waals surface area contributed by atoms with Gasteiger partial charge in [-0.1, -0.05) is 29.8 Å². The monoisotopic (exact) mass is 535 g/mol. The van der Waals surface area contributed by atoms with Gasteiger partial charge in [-0.3, -0.25) is 9.59 Å². The Balaban J connectivity index is 1.61. The van der Waals surface area contributed by atoms with Crippen LogP contribution in [0.25, 0.3) is 16.5 Å². The Morgan fingerprint density at radius 2 is 1.73 bits per heavy atom. The largest absolute Gasteiger partial charge is 0.494 e. The number of fused-ring (bicyclic) bond motifs is 1. The fraction of sp³-hybridized carbons (Fsp3) is 0.111. The summed E-state index contributed by atoms with van der Waals surface area (Å²) in [5.41, 5.74) is 2.91. The number of aromatic nitrogens is 1. The molecule has 3 aromatic carbocycles. The molecule has 0 spiro atoms. The average molecular weight is 536 g/mol. The van der Waals surface area contributed by atoms with Crippen molar-refractivity contribution >= 4 is 52.2 Å². The second kappa shape index (κ2) is 11.8. The van der Waals surface area contributed by atoms with E-state index in [1.54, 1.807) is 55.5 Å². The van der Waals surface area contributed by atoms with Crippen molar-refractivity contribution in [2.75, 3.05) is 12.4 Å². The van der Waals surface area contributed by atoms with Crippen LogP contribution in [0.2, 0.25) is 5.02 Å². The van der Waals surface area contributed by atoms with Crippen molar-refractivity contribution in [3.63, 3.8) is 0 Å². The first kappa shape index (κ1) is 26.0. The summed E-state index contributed by atoms with van der Waals surface area (Å²) in [6, 6.07) is 20.0. The molecule has 0 aliphatic heterocycles. The lowest BCUT2D eigenvalue weighted by Gasteiger charge is -2.14. The number of halogens is 1. The Labute approximate surface area is 221 Å². The number of aromatic hydroxyl groups is 1. The summed E-state index contributed by atoms with van der Waals surface area (Å²) in [4.78, 5) is 38.4. The van der Waals surface area contributed by atoms with Crippen LogP contribution in [0, 0.1) is 0 Å². The molecule has 188 valence electrons. The zero-order valence-electron chi connectivity index (χ0n) is 19.7. The van der Waals surface area contributed by atoms with Crippen LogP contribution in [-0.4, -0.2) is 40.1 Å². The van der Waals surface area contributed by atoms with E-state index in [1.165, 1.54) is 30.1 Å². The third-order valence-electron chi connectivity index (χ3n) is 5.31. The smallest absolute Gasteiger partial charge is 0.338 e. The zero-order valence-corrected chi connectivity index (χ0v) is 21.3. The van der Waals surface area contributed by atoms with E-state index in [9.17, 15) is 19.5 Å². The summed E-state index contributed by atoms with van der Waals surface area (Å²) in [7, 11) is 0. The van der Waals surface area contributed by atoms with E-state index in [2.05, 4.69) is 10.5 Å². The molecule has 10 heteroatoms. The topological polar surface area (TPSA) is 110 Å². The maximum absolute atomic E-state index is 13.2. The molecule has 2 N–H and O–H groups in total. The quantitative estimate of drug-likeness (QED) is 0.146. The number of amides is 1. The van der Waals surface area contributed by atoms with Gasteiger partial charge in [0.15, 0.2) is 0 Å². The van der Waals surface area contributed by atoms with E-state index >= 15 is 0 Å². The molecule has 0 saturated carbocycles. The minimum atomic E-state index is -0.484. The van der Waals surface area contributed by atoms with Crippen molar-refractivity contribution in [3.05, 3.63) is 99.3 Å². The average Bonchev–Trinajstić information content (AvgIpc) is 2.91. The Bertz CT molecular complexity index is 1530. The maximum atomic E-state index is 13.2. The highest BCUT2D eigenvalue weighted by molar-refractivity contribution is 8.00. The van der Waals surface area contributed by atoms with Crippen LogP contribution in [0.1, 0.15) is 22.8 Å². The minimum Gasteiger partial charge on any atom is -0.494 e. The van der Waals surface area contributed by atoms with Gasteiger partial charge in [0.05, 0.1) is 35.4 Å². The molecule has 0 aliphatic carbocycles. The van der Waals surface area contributed by atoms with Gasteiger partial charge in [-0.2, -0.15) is 5.10 Å². The fourth-order valence-electron chi connectivity index (χ4n) is 3.57. The van der Waals surface area contributed by atoms with Crippen LogP contribution < -0.4 is 11.0 Å². The molecule has 0 saturated heterocycles. The van der Waals surface area contributed by atoms with E-state index in [1.807, 2.05) is 12.1 Å². The predicted molar refractivity (Wildman–Crippen MR) is 145 cm³/mol. The number of thioether (sulfide) groups is 1. The number of ether oxygens (including phenoxy) is 1. The minimum absolute atomic E-state index is 0.123. The SMILES string of the molecule is CCOC(=O)c1ccc(-n2c(O)c(/C=N/NC(=O)CSc3ccc(Cl)cc3)c3ccccc3c2=O)cc1. The van der Waals surface area contributed by atoms with Crippen molar-refractivity contribution < 1.29 is 19.4 Å². The highest BCUT2D eigenvalue weighted by atomic mass is 35.5. The predicted octanol–water partition coefficient (Wildman–Crippen LogP) is 4.77. The number of rotatable bonds is 8. The van der Waals surface area contributed by atoms with Crippen LogP contribution in [0.15, 0.2) is 87.6 Å². The molecule has 0 atom stereocenters. The highest BCUT2D eigenvalue weighted by Crippen LogP contribution is 2.26. The number of benzene rings is 3. The molecule has 8 nitrogen and oxygen atoms in total. The Hall–Kier alpha value is -4.08. The first-order valence-electron chi connectivity index (χ1n) is 11.2. The van der Waals surface area contributed by atoms with Gasteiger partial charge in [0.1, 0.15) is 0 Å². The number of hydrogen-bond acceptors (Lipinski definition) is 7. The standard InChI is InChI=1S/C27H22ClN3O5S/c1-2-36-27(35)17-7-11-19(12-8-17)31-25(33)22-6-4-3-5-21(22)23(26(31)34)15-29-30-24(32)16-37-20-13-9-18(28)10-14-20/h3-15,34H,2,16H2,1H3,(H,30,32)/b29-15+. The van der Waals surface area contributed by atoms with Gasteiger partial charge in [-0.15, -0.1) is 11.8 Å². The second-order valence-electron chi connectivity index (χ2n) is 7.73. The van der Waals surface area contributed by atoms with E-state index in [-0.39, 0.29) is 29.7 Å². The van der Waals surface area contributed by atoms with E-state index < -0.39 is 11.5 Å². The number of esters is 1. The lowest BCUT2D eigenvalue weighted by Crippen LogP contribution is -2.21. The molecule has 1 amide bonds. The van der Waals surface area contributed by atoms with Crippen LogP contribution in [0.4, 0.5) is 0 Å². The molecule has 37 heavy (non-hydrogen) atoms. The molecule has 0 radical (unpaired) electrons. The Morgan fingerprint density at radius 3 is 2.41 bits per heavy atom. The van der Waals surface area contributed by atoms with Gasteiger partial charge < -0.3 is 9.84 Å². The molecule has 4 rings (SSSR count). The molecule has 0 bridgehead atoms. The summed E-state index contributed by atoms with van der Waals surface area (Å²) in [5.74, 6) is -1.07. The van der Waals surface area contributed by atoms with Crippen molar-refractivity contribution in [3.8, 4) is 11.6 Å².